The van der Waals surface area contributed by atoms with Crippen LogP contribution in [-0.2, 0) is 18.8 Å². The lowest BCUT2D eigenvalue weighted by Crippen LogP contribution is -2.45. The molecule has 0 radical (unpaired) electrons. The molecule has 0 N–H and O–H groups in total. The second-order valence-corrected chi connectivity index (χ2v) is 10.2. The normalized spacial score (nSPS) is 14.3. The molecule has 0 unspecified atom stereocenters. The Kier molecular flexibility index (Phi) is 9.45. The molecule has 0 amide bonds. The highest BCUT2D eigenvalue weighted by Crippen LogP contribution is 2.29. The summed E-state index contributed by atoms with van der Waals surface area (Å²) < 4.78 is 11.3. The van der Waals surface area contributed by atoms with Crippen molar-refractivity contribution >= 4 is 20.1 Å². The molecule has 0 fully saturated rings. The predicted octanol–water partition coefficient (Wildman–Crippen LogP) is 3.72. The zero-order chi connectivity index (χ0) is 16.5. The number of carbonyl (C=O) groups is 2. The van der Waals surface area contributed by atoms with Crippen LogP contribution in [0.15, 0.2) is 12.7 Å². The van der Waals surface area contributed by atoms with Crippen molar-refractivity contribution in [2.24, 2.45) is 5.92 Å². The molecule has 0 spiro atoms. The van der Waals surface area contributed by atoms with Crippen LogP contribution in [0.4, 0.5) is 0 Å². The molecule has 21 heavy (non-hydrogen) atoms. The molecule has 0 aliphatic rings. The van der Waals surface area contributed by atoms with Crippen LogP contribution in [0.2, 0.25) is 18.1 Å². The minimum Gasteiger partial charge on any atom is -0.469 e. The van der Waals surface area contributed by atoms with E-state index in [9.17, 15) is 9.59 Å². The van der Waals surface area contributed by atoms with Crippen molar-refractivity contribution in [1.29, 1.82) is 0 Å². The standard InChI is InChI=1S/C16H30O4Si/c1-7-11-14(16(18)19-6)15(12-13(5)17)20-21(8-2,9-3)10-4/h7,14-15H,1,8-12H2,2-6H3/t14-,15-/m1/s1. The van der Waals surface area contributed by atoms with E-state index in [-0.39, 0.29) is 18.2 Å². The highest BCUT2D eigenvalue weighted by atomic mass is 28.4. The molecule has 122 valence electrons. The smallest absolute Gasteiger partial charge is 0.311 e. The lowest BCUT2D eigenvalue weighted by Gasteiger charge is -2.35. The summed E-state index contributed by atoms with van der Waals surface area (Å²) in [6, 6.07) is 2.95. The molecule has 0 aromatic rings. The van der Waals surface area contributed by atoms with Crippen LogP contribution in [0, 0.1) is 5.92 Å². The number of Topliss-reactive ketones (excluding diaryl/α,β-unsaturated/α-hetero) is 1. The van der Waals surface area contributed by atoms with E-state index in [0.29, 0.717) is 6.42 Å². The lowest BCUT2D eigenvalue weighted by atomic mass is 9.95. The lowest BCUT2D eigenvalue weighted by molar-refractivity contribution is -0.149. The van der Waals surface area contributed by atoms with Gasteiger partial charge in [-0.25, -0.2) is 0 Å². The van der Waals surface area contributed by atoms with Crippen LogP contribution in [0.3, 0.4) is 0 Å². The first kappa shape index (κ1) is 20.1. The average Bonchev–Trinajstić information content (AvgIpc) is 2.48. The number of hydrogen-bond donors (Lipinski definition) is 0. The van der Waals surface area contributed by atoms with E-state index >= 15 is 0 Å². The fraction of sp³-hybridized carbons (Fsp3) is 0.750. The Morgan fingerprint density at radius 3 is 2.05 bits per heavy atom. The third-order valence-corrected chi connectivity index (χ3v) is 8.87. The van der Waals surface area contributed by atoms with Crippen LogP contribution in [0.1, 0.15) is 40.5 Å². The summed E-state index contributed by atoms with van der Waals surface area (Å²) in [6.07, 6.45) is 2.00. The molecule has 0 aromatic carbocycles. The van der Waals surface area contributed by atoms with E-state index in [1.165, 1.54) is 14.0 Å². The zero-order valence-corrected chi connectivity index (χ0v) is 15.1. The van der Waals surface area contributed by atoms with Gasteiger partial charge in [-0.2, -0.15) is 0 Å². The topological polar surface area (TPSA) is 52.6 Å². The highest BCUT2D eigenvalue weighted by Gasteiger charge is 2.38. The van der Waals surface area contributed by atoms with Gasteiger partial charge in [-0.05, 0) is 31.5 Å². The number of hydrogen-bond acceptors (Lipinski definition) is 4. The summed E-state index contributed by atoms with van der Waals surface area (Å²) >= 11 is 0. The highest BCUT2D eigenvalue weighted by molar-refractivity contribution is 6.73. The van der Waals surface area contributed by atoms with E-state index in [0.717, 1.165) is 18.1 Å². The number of allylic oxidation sites excluding steroid dienone is 1. The fourth-order valence-corrected chi connectivity index (χ4v) is 5.49. The molecule has 4 nitrogen and oxygen atoms in total. The molecule has 5 heteroatoms. The SMILES string of the molecule is C=CC[C@@H](C(=O)OC)[C@@H](CC(C)=O)O[Si](CC)(CC)CC. The number of ketones is 1. The molecule has 0 heterocycles. The van der Waals surface area contributed by atoms with Gasteiger partial charge in [-0.1, -0.05) is 26.8 Å². The van der Waals surface area contributed by atoms with Crippen LogP contribution < -0.4 is 0 Å². The van der Waals surface area contributed by atoms with Gasteiger partial charge in [-0.3, -0.25) is 9.59 Å². The van der Waals surface area contributed by atoms with E-state index in [2.05, 4.69) is 27.4 Å². The Balaban J connectivity index is 5.36. The first-order valence-corrected chi connectivity index (χ1v) is 10.3. The van der Waals surface area contributed by atoms with E-state index < -0.39 is 20.3 Å². The van der Waals surface area contributed by atoms with E-state index in [4.69, 9.17) is 9.16 Å². The first-order chi connectivity index (χ1) is 9.89. The van der Waals surface area contributed by atoms with Crippen LogP contribution in [0.25, 0.3) is 0 Å². The predicted molar refractivity (Wildman–Crippen MR) is 87.7 cm³/mol. The molecule has 0 saturated heterocycles. The fourth-order valence-electron chi connectivity index (χ4n) is 2.60. The maximum atomic E-state index is 12.0. The Bertz CT molecular complexity index is 342. The number of ether oxygens (including phenoxy) is 1. The third kappa shape index (κ3) is 6.14. The zero-order valence-electron chi connectivity index (χ0n) is 14.1. The van der Waals surface area contributed by atoms with Crippen molar-refractivity contribution in [3.05, 3.63) is 12.7 Å². The molecule has 0 saturated carbocycles. The number of rotatable bonds is 11. The van der Waals surface area contributed by atoms with Gasteiger partial charge in [0.2, 0.25) is 0 Å². The quantitative estimate of drug-likeness (QED) is 0.331. The van der Waals surface area contributed by atoms with E-state index in [1.54, 1.807) is 6.08 Å². The second-order valence-electron chi connectivity index (χ2n) is 5.46. The van der Waals surface area contributed by atoms with Crippen molar-refractivity contribution in [2.75, 3.05) is 7.11 Å². The minimum absolute atomic E-state index is 0.0316. The Morgan fingerprint density at radius 2 is 1.71 bits per heavy atom. The van der Waals surface area contributed by atoms with Gasteiger partial charge < -0.3 is 9.16 Å². The Morgan fingerprint density at radius 1 is 1.19 bits per heavy atom. The molecular formula is C16H30O4Si. The summed E-state index contributed by atoms with van der Waals surface area (Å²) in [5, 5.41) is 0. The van der Waals surface area contributed by atoms with Gasteiger partial charge >= 0.3 is 5.97 Å². The van der Waals surface area contributed by atoms with Crippen LogP contribution >= 0.6 is 0 Å². The molecule has 0 aliphatic carbocycles. The maximum absolute atomic E-state index is 12.0. The van der Waals surface area contributed by atoms with Gasteiger partial charge in [0, 0.05) is 6.42 Å². The van der Waals surface area contributed by atoms with E-state index in [1.807, 2.05) is 0 Å². The van der Waals surface area contributed by atoms with Gasteiger partial charge in [0.05, 0.1) is 19.1 Å². The summed E-state index contributed by atoms with van der Waals surface area (Å²) in [4.78, 5) is 23.6. The average molecular weight is 314 g/mol. The number of methoxy groups -OCH3 is 1. The summed E-state index contributed by atoms with van der Waals surface area (Å²) in [7, 11) is -0.524. The third-order valence-electron chi connectivity index (χ3n) is 4.20. The summed E-state index contributed by atoms with van der Waals surface area (Å²) in [5.74, 6) is -0.746. The van der Waals surface area contributed by atoms with Crippen molar-refractivity contribution in [2.45, 2.75) is 64.8 Å². The first-order valence-electron chi connectivity index (χ1n) is 7.75. The molecular weight excluding hydrogens is 284 g/mol. The largest absolute Gasteiger partial charge is 0.469 e. The van der Waals surface area contributed by atoms with Crippen LogP contribution in [-0.4, -0.2) is 33.3 Å². The Hall–Kier alpha value is -0.943. The summed E-state index contributed by atoms with van der Waals surface area (Å²) in [5.41, 5.74) is 0. The molecule has 2 atom stereocenters. The van der Waals surface area contributed by atoms with Crippen molar-refractivity contribution < 1.29 is 18.8 Å². The summed E-state index contributed by atoms with van der Waals surface area (Å²) in [6.45, 7) is 11.6. The second kappa shape index (κ2) is 9.90. The number of carbonyl (C=O) groups excluding carboxylic acids is 2. The van der Waals surface area contributed by atoms with Crippen molar-refractivity contribution in [1.82, 2.24) is 0 Å². The minimum atomic E-state index is -1.89. The molecule has 0 aliphatic heterocycles. The molecule has 0 rings (SSSR count). The Labute approximate surface area is 130 Å². The number of esters is 1. The van der Waals surface area contributed by atoms with Crippen molar-refractivity contribution in [3.63, 3.8) is 0 Å². The van der Waals surface area contributed by atoms with Gasteiger partial charge in [0.1, 0.15) is 5.78 Å². The monoisotopic (exact) mass is 314 g/mol. The van der Waals surface area contributed by atoms with Gasteiger partial charge in [0.25, 0.3) is 0 Å². The maximum Gasteiger partial charge on any atom is 0.311 e. The van der Waals surface area contributed by atoms with Crippen LogP contribution in [0.5, 0.6) is 0 Å². The molecule has 0 bridgehead atoms. The van der Waals surface area contributed by atoms with Crippen molar-refractivity contribution in [3.8, 4) is 0 Å². The molecule has 0 aromatic heterocycles. The van der Waals surface area contributed by atoms with Gasteiger partial charge in [0.15, 0.2) is 8.32 Å². The van der Waals surface area contributed by atoms with Gasteiger partial charge in [-0.15, -0.1) is 6.58 Å².